The molecule has 0 unspecified atom stereocenters. The van der Waals surface area contributed by atoms with Gasteiger partial charge in [-0.05, 0) is 37.7 Å². The lowest BCUT2D eigenvalue weighted by molar-refractivity contribution is -0.131. The lowest BCUT2D eigenvalue weighted by Gasteiger charge is -2.34. The predicted molar refractivity (Wildman–Crippen MR) is 84.5 cm³/mol. The van der Waals surface area contributed by atoms with Crippen molar-refractivity contribution >= 4 is 34.9 Å². The van der Waals surface area contributed by atoms with E-state index in [1.54, 1.807) is 0 Å². The molecule has 0 aromatic heterocycles. The molecular weight excluding hydrogens is 280 g/mol. The van der Waals surface area contributed by atoms with E-state index in [0.717, 1.165) is 12.8 Å². The minimum Gasteiger partial charge on any atom is -0.392 e. The number of rotatable bonds is 8. The number of thiocarbonyl (C=S) groups is 1. The second kappa shape index (κ2) is 8.76. The van der Waals surface area contributed by atoms with Crippen LogP contribution in [0.1, 0.15) is 32.1 Å². The third kappa shape index (κ3) is 4.93. The number of carbonyl (C=O) groups is 1. The zero-order chi connectivity index (χ0) is 14.1. The van der Waals surface area contributed by atoms with Gasteiger partial charge in [0.25, 0.3) is 0 Å². The Hall–Kier alpha value is -0.330. The summed E-state index contributed by atoms with van der Waals surface area (Å²) >= 11 is 6.96. The Morgan fingerprint density at radius 1 is 1.37 bits per heavy atom. The van der Waals surface area contributed by atoms with Crippen LogP contribution in [0.4, 0.5) is 0 Å². The van der Waals surface area contributed by atoms with Crippen LogP contribution in [-0.2, 0) is 9.53 Å². The van der Waals surface area contributed by atoms with Crippen LogP contribution in [-0.4, -0.2) is 42.7 Å². The SMILES string of the molecule is CSCCCCCNC(=O)C1(C(N)=S)CCOCC1. The van der Waals surface area contributed by atoms with Crippen molar-refractivity contribution in [3.63, 3.8) is 0 Å². The molecule has 1 heterocycles. The second-order valence-electron chi connectivity index (χ2n) is 4.87. The van der Waals surface area contributed by atoms with E-state index < -0.39 is 5.41 Å². The van der Waals surface area contributed by atoms with Crippen molar-refractivity contribution in [1.29, 1.82) is 0 Å². The fourth-order valence-corrected chi connectivity index (χ4v) is 3.01. The van der Waals surface area contributed by atoms with Crippen LogP contribution >= 0.6 is 24.0 Å². The van der Waals surface area contributed by atoms with E-state index in [1.807, 2.05) is 11.8 Å². The standard InChI is InChI=1S/C13H24N2O2S2/c1-19-10-4-2-3-7-15-12(16)13(11(14)18)5-8-17-9-6-13/h2-10H2,1H3,(H2,14,18)(H,15,16). The molecule has 1 aliphatic rings. The fraction of sp³-hybridized carbons (Fsp3) is 0.846. The molecule has 1 saturated heterocycles. The quantitative estimate of drug-likeness (QED) is 0.528. The van der Waals surface area contributed by atoms with Gasteiger partial charge in [-0.3, -0.25) is 4.79 Å². The molecule has 110 valence electrons. The van der Waals surface area contributed by atoms with Gasteiger partial charge in [0, 0.05) is 19.8 Å². The van der Waals surface area contributed by atoms with Gasteiger partial charge in [-0.25, -0.2) is 0 Å². The van der Waals surface area contributed by atoms with Crippen molar-refractivity contribution in [2.24, 2.45) is 11.1 Å². The van der Waals surface area contributed by atoms with Gasteiger partial charge in [0.05, 0.1) is 4.99 Å². The smallest absolute Gasteiger partial charge is 0.233 e. The molecule has 1 rings (SSSR count). The lowest BCUT2D eigenvalue weighted by Crippen LogP contribution is -2.52. The fourth-order valence-electron chi connectivity index (χ4n) is 2.22. The Bertz CT molecular complexity index is 305. The molecular formula is C13H24N2O2S2. The molecule has 3 N–H and O–H groups in total. The number of thioether (sulfide) groups is 1. The lowest BCUT2D eigenvalue weighted by atomic mass is 9.79. The average molecular weight is 304 g/mol. The number of hydrogen-bond acceptors (Lipinski definition) is 4. The van der Waals surface area contributed by atoms with Crippen LogP contribution in [0, 0.1) is 5.41 Å². The first kappa shape index (κ1) is 16.7. The second-order valence-corrected chi connectivity index (χ2v) is 6.29. The van der Waals surface area contributed by atoms with Gasteiger partial charge in [-0.1, -0.05) is 18.6 Å². The Morgan fingerprint density at radius 3 is 2.63 bits per heavy atom. The largest absolute Gasteiger partial charge is 0.392 e. The monoisotopic (exact) mass is 304 g/mol. The normalized spacial score (nSPS) is 17.9. The van der Waals surface area contributed by atoms with E-state index in [0.29, 0.717) is 37.6 Å². The third-order valence-corrected chi connectivity index (χ3v) is 4.65. The van der Waals surface area contributed by atoms with Gasteiger partial charge < -0.3 is 15.8 Å². The highest BCUT2D eigenvalue weighted by molar-refractivity contribution is 7.98. The number of unbranched alkanes of at least 4 members (excludes halogenated alkanes) is 2. The average Bonchev–Trinajstić information content (AvgIpc) is 2.43. The molecule has 1 aliphatic heterocycles. The first-order valence-corrected chi connectivity index (χ1v) is 8.58. The molecule has 6 heteroatoms. The van der Waals surface area contributed by atoms with Crippen molar-refractivity contribution in [1.82, 2.24) is 5.32 Å². The van der Waals surface area contributed by atoms with Gasteiger partial charge in [-0.15, -0.1) is 0 Å². The molecule has 1 fully saturated rings. The molecule has 0 atom stereocenters. The number of nitrogens with one attached hydrogen (secondary N) is 1. The van der Waals surface area contributed by atoms with Gasteiger partial charge in [-0.2, -0.15) is 11.8 Å². The summed E-state index contributed by atoms with van der Waals surface area (Å²) in [6.45, 7) is 1.81. The van der Waals surface area contributed by atoms with Gasteiger partial charge in [0.15, 0.2) is 0 Å². The highest BCUT2D eigenvalue weighted by Crippen LogP contribution is 2.31. The summed E-state index contributed by atoms with van der Waals surface area (Å²) in [6, 6.07) is 0. The van der Waals surface area contributed by atoms with Crippen LogP contribution in [0.25, 0.3) is 0 Å². The van der Waals surface area contributed by atoms with Crippen molar-refractivity contribution < 1.29 is 9.53 Å². The minimum absolute atomic E-state index is 0.0202. The van der Waals surface area contributed by atoms with Crippen molar-refractivity contribution in [3.05, 3.63) is 0 Å². The summed E-state index contributed by atoms with van der Waals surface area (Å²) in [5.74, 6) is 1.16. The molecule has 0 spiro atoms. The minimum atomic E-state index is -0.688. The molecule has 0 bridgehead atoms. The molecule has 0 aromatic carbocycles. The summed E-state index contributed by atoms with van der Waals surface area (Å²) < 4.78 is 5.30. The zero-order valence-electron chi connectivity index (χ0n) is 11.6. The maximum absolute atomic E-state index is 12.3. The van der Waals surface area contributed by atoms with Crippen LogP contribution < -0.4 is 11.1 Å². The Kier molecular flexibility index (Phi) is 7.71. The maximum atomic E-state index is 12.3. The van der Waals surface area contributed by atoms with Crippen molar-refractivity contribution in [3.8, 4) is 0 Å². The van der Waals surface area contributed by atoms with Gasteiger partial charge in [0.1, 0.15) is 5.41 Å². The topological polar surface area (TPSA) is 64.4 Å². The first-order chi connectivity index (χ1) is 9.13. The summed E-state index contributed by atoms with van der Waals surface area (Å²) in [6.07, 6.45) is 6.66. The molecule has 0 radical (unpaired) electrons. The molecule has 0 aliphatic carbocycles. The summed E-state index contributed by atoms with van der Waals surface area (Å²) in [5, 5.41) is 2.98. The highest BCUT2D eigenvalue weighted by atomic mass is 32.2. The number of amides is 1. The Balaban J connectivity index is 2.35. The summed E-state index contributed by atoms with van der Waals surface area (Å²) in [5.41, 5.74) is 5.10. The van der Waals surface area contributed by atoms with Crippen LogP contribution in [0.5, 0.6) is 0 Å². The first-order valence-electron chi connectivity index (χ1n) is 6.78. The summed E-state index contributed by atoms with van der Waals surface area (Å²) in [7, 11) is 0. The van der Waals surface area contributed by atoms with E-state index in [-0.39, 0.29) is 5.91 Å². The molecule has 1 amide bonds. The van der Waals surface area contributed by atoms with E-state index in [4.69, 9.17) is 22.7 Å². The van der Waals surface area contributed by atoms with Crippen LogP contribution in [0.3, 0.4) is 0 Å². The highest BCUT2D eigenvalue weighted by Gasteiger charge is 2.42. The zero-order valence-corrected chi connectivity index (χ0v) is 13.2. The van der Waals surface area contributed by atoms with E-state index >= 15 is 0 Å². The van der Waals surface area contributed by atoms with Crippen LogP contribution in [0.2, 0.25) is 0 Å². The molecule has 19 heavy (non-hydrogen) atoms. The Morgan fingerprint density at radius 2 is 2.05 bits per heavy atom. The predicted octanol–water partition coefficient (Wildman–Crippen LogP) is 1.72. The van der Waals surface area contributed by atoms with Crippen molar-refractivity contribution in [2.45, 2.75) is 32.1 Å². The number of ether oxygens (including phenoxy) is 1. The molecule has 0 aromatic rings. The number of nitrogens with two attached hydrogens (primary N) is 1. The summed E-state index contributed by atoms with van der Waals surface area (Å²) in [4.78, 5) is 12.6. The molecule has 4 nitrogen and oxygen atoms in total. The number of hydrogen-bond donors (Lipinski definition) is 2. The van der Waals surface area contributed by atoms with Gasteiger partial charge >= 0.3 is 0 Å². The van der Waals surface area contributed by atoms with Gasteiger partial charge in [0.2, 0.25) is 5.91 Å². The Labute approximate surface area is 125 Å². The van der Waals surface area contributed by atoms with E-state index in [9.17, 15) is 4.79 Å². The van der Waals surface area contributed by atoms with E-state index in [1.165, 1.54) is 12.2 Å². The van der Waals surface area contributed by atoms with Crippen LogP contribution in [0.15, 0.2) is 0 Å². The maximum Gasteiger partial charge on any atom is 0.233 e. The van der Waals surface area contributed by atoms with E-state index in [2.05, 4.69) is 11.6 Å². The third-order valence-electron chi connectivity index (χ3n) is 3.56. The number of carbonyl (C=O) groups excluding carboxylic acids is 1. The van der Waals surface area contributed by atoms with Crippen molar-refractivity contribution in [2.75, 3.05) is 31.8 Å². The molecule has 0 saturated carbocycles.